The number of rotatable bonds is 3. The van der Waals surface area contributed by atoms with E-state index in [1.54, 1.807) is 6.92 Å². The quantitative estimate of drug-likeness (QED) is 0.532. The lowest BCUT2D eigenvalue weighted by molar-refractivity contribution is -0.137. The summed E-state index contributed by atoms with van der Waals surface area (Å²) in [6.45, 7) is 1.59. The summed E-state index contributed by atoms with van der Waals surface area (Å²) >= 11 is 0. The molecule has 2 aromatic rings. The number of hydrogen-bond donors (Lipinski definition) is 0. The summed E-state index contributed by atoms with van der Waals surface area (Å²) in [7, 11) is 0. The van der Waals surface area contributed by atoms with Crippen LogP contribution in [0, 0.1) is 0 Å². The highest BCUT2D eigenvalue weighted by Crippen LogP contribution is 2.30. The van der Waals surface area contributed by atoms with E-state index >= 15 is 0 Å². The summed E-state index contributed by atoms with van der Waals surface area (Å²) < 4.78 is 44.9. The van der Waals surface area contributed by atoms with Crippen molar-refractivity contribution in [2.24, 2.45) is 0 Å². The number of halogens is 3. The maximum absolute atomic E-state index is 13.0. The normalized spacial score (nSPS) is 12.2. The van der Waals surface area contributed by atoms with Crippen LogP contribution in [-0.2, 0) is 10.9 Å². The van der Waals surface area contributed by atoms with Crippen LogP contribution in [0.25, 0.3) is 17.8 Å². The van der Waals surface area contributed by atoms with E-state index in [4.69, 9.17) is 4.74 Å². The van der Waals surface area contributed by atoms with Gasteiger partial charge in [0.1, 0.15) is 0 Å². The summed E-state index contributed by atoms with van der Waals surface area (Å²) in [6.07, 6.45) is -1.84. The fourth-order valence-corrected chi connectivity index (χ4v) is 2.43. The molecule has 132 valence electrons. The third kappa shape index (κ3) is 3.11. The molecule has 0 amide bonds. The Morgan fingerprint density at radius 3 is 2.69 bits per heavy atom. The highest BCUT2D eigenvalue weighted by atomic mass is 19.4. The highest BCUT2D eigenvalue weighted by Gasteiger charge is 2.31. The molecule has 5 nitrogen and oxygen atoms in total. The molecule has 0 unspecified atom stereocenters. The lowest BCUT2D eigenvalue weighted by atomic mass is 10.1. The first-order valence-corrected chi connectivity index (χ1v) is 7.52. The Hall–Kier alpha value is -3.34. The summed E-state index contributed by atoms with van der Waals surface area (Å²) in [6, 6.07) is 4.23. The number of esters is 1. The molecular formula is C18H11F3N2O3. The number of fused-ring (bicyclic) bond motifs is 1. The van der Waals surface area contributed by atoms with Crippen LogP contribution in [0.15, 0.2) is 40.5 Å². The predicted octanol–water partition coefficient (Wildman–Crippen LogP) is 3.22. The molecule has 8 heteroatoms. The topological polar surface area (TPSA) is 61.2 Å². The van der Waals surface area contributed by atoms with Crippen LogP contribution >= 0.6 is 0 Å². The molecule has 0 saturated carbocycles. The van der Waals surface area contributed by atoms with E-state index in [1.807, 2.05) is 0 Å². The largest absolute Gasteiger partial charge is 0.461 e. The van der Waals surface area contributed by atoms with Crippen molar-refractivity contribution in [2.75, 3.05) is 6.61 Å². The van der Waals surface area contributed by atoms with E-state index in [2.05, 4.69) is 16.4 Å². The Balaban J connectivity index is 2.30. The molecule has 0 spiro atoms. The molecule has 1 aliphatic carbocycles. The third-order valence-electron chi connectivity index (χ3n) is 3.54. The second-order valence-corrected chi connectivity index (χ2v) is 5.22. The first-order valence-electron chi connectivity index (χ1n) is 7.52. The number of alkyl halides is 3. The van der Waals surface area contributed by atoms with Gasteiger partial charge in [0.05, 0.1) is 23.6 Å². The molecular weight excluding hydrogens is 349 g/mol. The summed E-state index contributed by atoms with van der Waals surface area (Å²) in [5.41, 5.74) is 3.28. The van der Waals surface area contributed by atoms with Crippen LogP contribution < -0.4 is 5.56 Å². The van der Waals surface area contributed by atoms with Crippen molar-refractivity contribution >= 4 is 18.1 Å². The average Bonchev–Trinajstić information content (AvgIpc) is 2.60. The smallest absolute Gasteiger partial charge is 0.416 e. The zero-order valence-corrected chi connectivity index (χ0v) is 13.4. The third-order valence-corrected chi connectivity index (χ3v) is 3.54. The zero-order valence-electron chi connectivity index (χ0n) is 13.4. The van der Waals surface area contributed by atoms with E-state index in [1.165, 1.54) is 24.3 Å². The summed E-state index contributed by atoms with van der Waals surface area (Å²) in [5, 5.41) is 0. The van der Waals surface area contributed by atoms with E-state index < -0.39 is 29.0 Å². The van der Waals surface area contributed by atoms with Crippen molar-refractivity contribution in [3.05, 3.63) is 68.7 Å². The molecule has 1 aliphatic rings. The second kappa shape index (κ2) is 6.52. The van der Waals surface area contributed by atoms with E-state index in [0.717, 1.165) is 16.7 Å². The minimum atomic E-state index is -4.58. The van der Waals surface area contributed by atoms with Gasteiger partial charge >= 0.3 is 12.1 Å². The zero-order chi connectivity index (χ0) is 18.9. The van der Waals surface area contributed by atoms with Crippen molar-refractivity contribution < 1.29 is 22.7 Å². The van der Waals surface area contributed by atoms with E-state index in [-0.39, 0.29) is 23.7 Å². The van der Waals surface area contributed by atoms with E-state index in [0.29, 0.717) is 0 Å². The first-order chi connectivity index (χ1) is 12.3. The van der Waals surface area contributed by atoms with Crippen LogP contribution in [-0.4, -0.2) is 22.1 Å². The van der Waals surface area contributed by atoms with Gasteiger partial charge in [0, 0.05) is 17.8 Å². The van der Waals surface area contributed by atoms with Gasteiger partial charge in [-0.05, 0) is 25.1 Å². The van der Waals surface area contributed by atoms with Crippen LogP contribution in [0.3, 0.4) is 0 Å². The fraction of sp³-hybridized carbons (Fsp3) is 0.167. The van der Waals surface area contributed by atoms with Crippen LogP contribution in [0.1, 0.15) is 34.4 Å². The maximum atomic E-state index is 13.0. The van der Waals surface area contributed by atoms with E-state index in [9.17, 15) is 22.8 Å². The van der Waals surface area contributed by atoms with Crippen molar-refractivity contribution in [3.63, 3.8) is 0 Å². The molecule has 0 fully saturated rings. The first kappa shape index (κ1) is 17.5. The molecule has 0 radical (unpaired) electrons. The monoisotopic (exact) mass is 360 g/mol. The minimum absolute atomic E-state index is 0.0240. The van der Waals surface area contributed by atoms with Gasteiger partial charge in [-0.2, -0.15) is 13.2 Å². The molecule has 1 heterocycles. The number of aromatic nitrogens is 2. The second-order valence-electron chi connectivity index (χ2n) is 5.22. The van der Waals surface area contributed by atoms with Gasteiger partial charge in [-0.25, -0.2) is 9.78 Å². The molecule has 1 aromatic heterocycles. The molecule has 0 saturated heterocycles. The standard InChI is InChI=1S/C18H11F3N2O3/c1-2-26-17(25)15-16(24)23(14-9-4-3-8-13(14)22-15)12-7-5-6-11(10-12)18(19,20)21/h5-10H,2H2,1H3. The SMILES string of the molecule is CCOC(=O)c1nc2c(n(-c3cccc(C(F)(F)F)c3)c1=O)C=C=C=C2. The Bertz CT molecular complexity index is 1050. The van der Waals surface area contributed by atoms with Crippen molar-refractivity contribution in [1.82, 2.24) is 9.55 Å². The molecule has 3 rings (SSSR count). The molecule has 0 aliphatic heterocycles. The highest BCUT2D eigenvalue weighted by molar-refractivity contribution is 5.87. The van der Waals surface area contributed by atoms with Gasteiger partial charge in [0.15, 0.2) is 0 Å². The summed E-state index contributed by atoms with van der Waals surface area (Å²) in [5.74, 6) is -0.951. The van der Waals surface area contributed by atoms with Gasteiger partial charge < -0.3 is 4.74 Å². The number of carbonyl (C=O) groups excluding carboxylic acids is 1. The lowest BCUT2D eigenvalue weighted by Gasteiger charge is -2.16. The Kier molecular flexibility index (Phi) is 4.38. The van der Waals surface area contributed by atoms with Crippen LogP contribution in [0.4, 0.5) is 13.2 Å². The fourth-order valence-electron chi connectivity index (χ4n) is 2.43. The molecule has 0 N–H and O–H groups in total. The maximum Gasteiger partial charge on any atom is 0.416 e. The van der Waals surface area contributed by atoms with Gasteiger partial charge in [-0.1, -0.05) is 17.5 Å². The van der Waals surface area contributed by atoms with Crippen molar-refractivity contribution in [2.45, 2.75) is 13.1 Å². The van der Waals surface area contributed by atoms with Gasteiger partial charge in [-0.3, -0.25) is 9.36 Å². The number of ether oxygens (including phenoxy) is 1. The van der Waals surface area contributed by atoms with Crippen LogP contribution in [0.2, 0.25) is 0 Å². The minimum Gasteiger partial charge on any atom is -0.461 e. The van der Waals surface area contributed by atoms with Crippen LogP contribution in [0.5, 0.6) is 0 Å². The molecule has 0 atom stereocenters. The van der Waals surface area contributed by atoms with Gasteiger partial charge in [-0.15, -0.1) is 0 Å². The lowest BCUT2D eigenvalue weighted by Crippen LogP contribution is -2.31. The predicted molar refractivity (Wildman–Crippen MR) is 86.7 cm³/mol. The summed E-state index contributed by atoms with van der Waals surface area (Å²) in [4.78, 5) is 28.7. The number of carbonyl (C=O) groups is 1. The van der Waals surface area contributed by atoms with Crippen molar-refractivity contribution in [1.29, 1.82) is 0 Å². The molecule has 1 aromatic carbocycles. The molecule has 0 bridgehead atoms. The van der Waals surface area contributed by atoms with Gasteiger partial charge in [0.2, 0.25) is 5.69 Å². The Morgan fingerprint density at radius 2 is 2.00 bits per heavy atom. The molecule has 26 heavy (non-hydrogen) atoms. The number of nitrogens with zero attached hydrogens (tertiary/aromatic N) is 2. The van der Waals surface area contributed by atoms with Crippen molar-refractivity contribution in [3.8, 4) is 5.69 Å². The average molecular weight is 360 g/mol. The number of hydrogen-bond acceptors (Lipinski definition) is 4. The number of benzene rings is 1. The Labute approximate surface area is 145 Å². The van der Waals surface area contributed by atoms with Gasteiger partial charge in [0.25, 0.3) is 5.56 Å². The Morgan fingerprint density at radius 1 is 1.27 bits per heavy atom.